The lowest BCUT2D eigenvalue weighted by Crippen LogP contribution is -2.36. The summed E-state index contributed by atoms with van der Waals surface area (Å²) in [6, 6.07) is 5.00. The SMILES string of the molecule is CC(NCC1CCC(=O)N1)c1ccc(F)cc1Br. The van der Waals surface area contributed by atoms with Crippen LogP contribution in [0.1, 0.15) is 31.4 Å². The van der Waals surface area contributed by atoms with E-state index in [1.807, 2.05) is 6.92 Å². The van der Waals surface area contributed by atoms with E-state index in [4.69, 9.17) is 0 Å². The van der Waals surface area contributed by atoms with Gasteiger partial charge in [0, 0.05) is 29.5 Å². The summed E-state index contributed by atoms with van der Waals surface area (Å²) in [5.41, 5.74) is 1.01. The maximum Gasteiger partial charge on any atom is 0.220 e. The van der Waals surface area contributed by atoms with Crippen LogP contribution < -0.4 is 10.6 Å². The summed E-state index contributed by atoms with van der Waals surface area (Å²) in [5.74, 6) is -0.127. The number of benzene rings is 1. The van der Waals surface area contributed by atoms with E-state index in [1.54, 1.807) is 6.07 Å². The van der Waals surface area contributed by atoms with Crippen molar-refractivity contribution in [1.82, 2.24) is 10.6 Å². The molecule has 0 aromatic heterocycles. The number of amides is 1. The average Bonchev–Trinajstić information content (AvgIpc) is 2.72. The number of rotatable bonds is 4. The van der Waals surface area contributed by atoms with Gasteiger partial charge in [-0.3, -0.25) is 4.79 Å². The van der Waals surface area contributed by atoms with Crippen molar-refractivity contribution in [3.63, 3.8) is 0 Å². The third kappa shape index (κ3) is 3.29. The van der Waals surface area contributed by atoms with Crippen molar-refractivity contribution in [2.24, 2.45) is 0 Å². The molecule has 18 heavy (non-hydrogen) atoms. The van der Waals surface area contributed by atoms with Gasteiger partial charge in [-0.05, 0) is 31.0 Å². The van der Waals surface area contributed by atoms with E-state index >= 15 is 0 Å². The third-order valence-corrected chi connectivity index (χ3v) is 3.87. The molecule has 1 fully saturated rings. The Kier molecular flexibility index (Phi) is 4.35. The molecular formula is C13H16BrFN2O. The Hall–Kier alpha value is -0.940. The second kappa shape index (κ2) is 5.80. The smallest absolute Gasteiger partial charge is 0.220 e. The molecule has 98 valence electrons. The molecule has 1 aliphatic heterocycles. The van der Waals surface area contributed by atoms with Crippen molar-refractivity contribution in [3.05, 3.63) is 34.1 Å². The summed E-state index contributed by atoms with van der Waals surface area (Å²) in [6.45, 7) is 2.76. The first-order valence-electron chi connectivity index (χ1n) is 6.04. The number of nitrogens with one attached hydrogen (secondary N) is 2. The van der Waals surface area contributed by atoms with Gasteiger partial charge < -0.3 is 10.6 Å². The molecule has 0 aliphatic carbocycles. The monoisotopic (exact) mass is 314 g/mol. The Morgan fingerprint density at radius 3 is 3.00 bits per heavy atom. The van der Waals surface area contributed by atoms with Gasteiger partial charge in [0.05, 0.1) is 0 Å². The van der Waals surface area contributed by atoms with Crippen molar-refractivity contribution in [2.75, 3.05) is 6.54 Å². The van der Waals surface area contributed by atoms with Crippen molar-refractivity contribution in [3.8, 4) is 0 Å². The highest BCUT2D eigenvalue weighted by molar-refractivity contribution is 9.10. The van der Waals surface area contributed by atoms with Crippen molar-refractivity contribution in [2.45, 2.75) is 31.8 Å². The fourth-order valence-electron chi connectivity index (χ4n) is 2.11. The van der Waals surface area contributed by atoms with Crippen LogP contribution in [-0.2, 0) is 4.79 Å². The molecule has 3 nitrogen and oxygen atoms in total. The summed E-state index contributed by atoms with van der Waals surface area (Å²) in [4.78, 5) is 11.1. The van der Waals surface area contributed by atoms with Gasteiger partial charge in [0.1, 0.15) is 5.82 Å². The van der Waals surface area contributed by atoms with Gasteiger partial charge in [-0.15, -0.1) is 0 Å². The molecular weight excluding hydrogens is 299 g/mol. The molecule has 0 bridgehead atoms. The van der Waals surface area contributed by atoms with E-state index in [0.29, 0.717) is 6.42 Å². The highest BCUT2D eigenvalue weighted by Crippen LogP contribution is 2.24. The number of carbonyl (C=O) groups is 1. The number of hydrogen-bond donors (Lipinski definition) is 2. The minimum absolute atomic E-state index is 0.109. The van der Waals surface area contributed by atoms with Crippen LogP contribution in [0.5, 0.6) is 0 Å². The van der Waals surface area contributed by atoms with Crippen molar-refractivity contribution >= 4 is 21.8 Å². The first-order chi connectivity index (χ1) is 8.56. The molecule has 0 saturated carbocycles. The molecule has 5 heteroatoms. The van der Waals surface area contributed by atoms with Gasteiger partial charge in [0.25, 0.3) is 0 Å². The normalized spacial score (nSPS) is 20.8. The second-order valence-electron chi connectivity index (χ2n) is 4.60. The van der Waals surface area contributed by atoms with Crippen LogP contribution in [0.15, 0.2) is 22.7 Å². The summed E-state index contributed by atoms with van der Waals surface area (Å²) >= 11 is 3.36. The first kappa shape index (κ1) is 13.5. The Balaban J connectivity index is 1.91. The summed E-state index contributed by atoms with van der Waals surface area (Å²) in [7, 11) is 0. The molecule has 1 heterocycles. The minimum Gasteiger partial charge on any atom is -0.352 e. The fraction of sp³-hybridized carbons (Fsp3) is 0.462. The Morgan fingerprint density at radius 2 is 2.39 bits per heavy atom. The molecule has 1 saturated heterocycles. The lowest BCUT2D eigenvalue weighted by Gasteiger charge is -2.18. The van der Waals surface area contributed by atoms with Gasteiger partial charge in [-0.1, -0.05) is 22.0 Å². The standard InChI is InChI=1S/C13H16BrFN2O/c1-8(11-4-2-9(15)6-12(11)14)16-7-10-3-5-13(18)17-10/h2,4,6,8,10,16H,3,5,7H2,1H3,(H,17,18). The highest BCUT2D eigenvalue weighted by atomic mass is 79.9. The third-order valence-electron chi connectivity index (χ3n) is 3.18. The molecule has 0 radical (unpaired) electrons. The highest BCUT2D eigenvalue weighted by Gasteiger charge is 2.21. The van der Waals surface area contributed by atoms with Gasteiger partial charge >= 0.3 is 0 Å². The lowest BCUT2D eigenvalue weighted by atomic mass is 10.1. The van der Waals surface area contributed by atoms with Gasteiger partial charge in [-0.25, -0.2) is 4.39 Å². The average molecular weight is 315 g/mol. The van der Waals surface area contributed by atoms with Gasteiger partial charge in [0.2, 0.25) is 5.91 Å². The summed E-state index contributed by atoms with van der Waals surface area (Å²) < 4.78 is 13.7. The Morgan fingerprint density at radius 1 is 1.61 bits per heavy atom. The van der Waals surface area contributed by atoms with Crippen LogP contribution in [0.3, 0.4) is 0 Å². The van der Waals surface area contributed by atoms with E-state index < -0.39 is 0 Å². The maximum atomic E-state index is 13.0. The maximum absolute atomic E-state index is 13.0. The van der Waals surface area contributed by atoms with Crippen LogP contribution in [0, 0.1) is 5.82 Å². The van der Waals surface area contributed by atoms with E-state index in [0.717, 1.165) is 23.0 Å². The van der Waals surface area contributed by atoms with Gasteiger partial charge in [0.15, 0.2) is 0 Å². The Bertz CT molecular complexity index is 453. The summed E-state index contributed by atoms with van der Waals surface area (Å²) in [6.07, 6.45) is 1.49. The molecule has 1 aromatic rings. The molecule has 2 rings (SSSR count). The van der Waals surface area contributed by atoms with E-state index in [-0.39, 0.29) is 23.8 Å². The van der Waals surface area contributed by atoms with Gasteiger partial charge in [-0.2, -0.15) is 0 Å². The van der Waals surface area contributed by atoms with E-state index in [1.165, 1.54) is 12.1 Å². The van der Waals surface area contributed by atoms with E-state index in [2.05, 4.69) is 26.6 Å². The quantitative estimate of drug-likeness (QED) is 0.896. The van der Waals surface area contributed by atoms with Crippen LogP contribution >= 0.6 is 15.9 Å². The van der Waals surface area contributed by atoms with Crippen LogP contribution in [0.4, 0.5) is 4.39 Å². The molecule has 1 aliphatic rings. The zero-order valence-electron chi connectivity index (χ0n) is 10.2. The molecule has 1 aromatic carbocycles. The molecule has 2 N–H and O–H groups in total. The largest absolute Gasteiger partial charge is 0.352 e. The molecule has 1 amide bonds. The fourth-order valence-corrected chi connectivity index (χ4v) is 2.81. The topological polar surface area (TPSA) is 41.1 Å². The van der Waals surface area contributed by atoms with Crippen molar-refractivity contribution < 1.29 is 9.18 Å². The molecule has 2 unspecified atom stereocenters. The number of hydrogen-bond acceptors (Lipinski definition) is 2. The zero-order valence-corrected chi connectivity index (χ0v) is 11.8. The predicted octanol–water partition coefficient (Wildman–Crippen LogP) is 2.52. The van der Waals surface area contributed by atoms with Crippen molar-refractivity contribution in [1.29, 1.82) is 0 Å². The van der Waals surface area contributed by atoms with E-state index in [9.17, 15) is 9.18 Å². The lowest BCUT2D eigenvalue weighted by molar-refractivity contribution is -0.119. The van der Waals surface area contributed by atoms with Crippen LogP contribution in [0.2, 0.25) is 0 Å². The first-order valence-corrected chi connectivity index (χ1v) is 6.83. The summed E-state index contributed by atoms with van der Waals surface area (Å²) in [5, 5.41) is 6.27. The van der Waals surface area contributed by atoms with Crippen LogP contribution in [0.25, 0.3) is 0 Å². The molecule has 2 atom stereocenters. The zero-order chi connectivity index (χ0) is 13.1. The number of carbonyl (C=O) groups excluding carboxylic acids is 1. The second-order valence-corrected chi connectivity index (χ2v) is 5.45. The Labute approximate surface area is 114 Å². The minimum atomic E-state index is -0.249. The number of halogens is 2. The molecule has 0 spiro atoms. The predicted molar refractivity (Wildman–Crippen MR) is 71.7 cm³/mol. The van der Waals surface area contributed by atoms with Crippen LogP contribution in [-0.4, -0.2) is 18.5 Å².